The maximum Gasteiger partial charge on any atom is 0.276 e. The highest BCUT2D eigenvalue weighted by Gasteiger charge is 2.25. The Bertz CT molecular complexity index is 1010. The zero-order chi connectivity index (χ0) is 20.4. The Morgan fingerprint density at radius 2 is 1.72 bits per heavy atom. The summed E-state index contributed by atoms with van der Waals surface area (Å²) in [5.41, 5.74) is 3.40. The fourth-order valence-corrected chi connectivity index (χ4v) is 3.30. The predicted molar refractivity (Wildman–Crippen MR) is 111 cm³/mol. The van der Waals surface area contributed by atoms with Crippen LogP contribution in [0.25, 0.3) is 0 Å². The number of amides is 1. The van der Waals surface area contributed by atoms with Gasteiger partial charge in [0.15, 0.2) is 5.69 Å². The van der Waals surface area contributed by atoms with E-state index in [9.17, 15) is 4.79 Å². The second-order valence-corrected chi connectivity index (χ2v) is 7.28. The van der Waals surface area contributed by atoms with Crippen molar-refractivity contribution >= 4 is 23.4 Å². The highest BCUT2D eigenvalue weighted by atomic mass is 16.5. The molecule has 3 aromatic rings. The zero-order valence-corrected chi connectivity index (χ0v) is 16.8. The number of rotatable bonds is 4. The number of benzene rings is 1. The first-order valence-corrected chi connectivity index (χ1v) is 9.65. The second-order valence-electron chi connectivity index (χ2n) is 7.28. The van der Waals surface area contributed by atoms with E-state index in [4.69, 9.17) is 4.52 Å². The largest absolute Gasteiger partial charge is 0.361 e. The number of carbonyl (C=O) groups excluding carboxylic acids is 1. The van der Waals surface area contributed by atoms with E-state index in [1.54, 1.807) is 17.9 Å². The van der Waals surface area contributed by atoms with Gasteiger partial charge < -0.3 is 19.6 Å². The van der Waals surface area contributed by atoms with Gasteiger partial charge in [-0.15, -0.1) is 0 Å². The van der Waals surface area contributed by atoms with Crippen LogP contribution in [-0.2, 0) is 0 Å². The molecule has 1 fully saturated rings. The minimum absolute atomic E-state index is 0.0953. The molecule has 29 heavy (non-hydrogen) atoms. The van der Waals surface area contributed by atoms with E-state index in [2.05, 4.69) is 32.3 Å². The lowest BCUT2D eigenvalue weighted by molar-refractivity contribution is 0.0736. The van der Waals surface area contributed by atoms with Crippen molar-refractivity contribution in [2.45, 2.75) is 20.8 Å². The van der Waals surface area contributed by atoms with Gasteiger partial charge in [0.05, 0.1) is 0 Å². The van der Waals surface area contributed by atoms with E-state index in [1.807, 2.05) is 37.3 Å². The molecule has 0 radical (unpaired) electrons. The first-order chi connectivity index (χ1) is 14.0. The summed E-state index contributed by atoms with van der Waals surface area (Å²) >= 11 is 0. The third kappa shape index (κ3) is 4.37. The van der Waals surface area contributed by atoms with Crippen molar-refractivity contribution in [3.8, 4) is 0 Å². The Balaban J connectivity index is 1.43. The fraction of sp³-hybridized carbons (Fsp3) is 0.333. The summed E-state index contributed by atoms with van der Waals surface area (Å²) in [6.45, 7) is 8.40. The average molecular weight is 392 g/mol. The van der Waals surface area contributed by atoms with Gasteiger partial charge in [-0.3, -0.25) is 4.79 Å². The number of nitrogens with zero attached hydrogens (tertiary/aromatic N) is 5. The van der Waals surface area contributed by atoms with Gasteiger partial charge in [-0.25, -0.2) is 4.98 Å². The number of aryl methyl sites for hydroxylation is 3. The number of anilines is 3. The van der Waals surface area contributed by atoms with E-state index in [0.29, 0.717) is 43.6 Å². The first kappa shape index (κ1) is 18.9. The number of aromatic nitrogens is 3. The molecule has 4 rings (SSSR count). The summed E-state index contributed by atoms with van der Waals surface area (Å²) in [7, 11) is 0. The molecule has 150 valence electrons. The molecule has 2 aromatic heterocycles. The van der Waals surface area contributed by atoms with Crippen LogP contribution in [0.4, 0.5) is 17.5 Å². The van der Waals surface area contributed by atoms with Crippen LogP contribution in [0.5, 0.6) is 0 Å². The van der Waals surface area contributed by atoms with Gasteiger partial charge in [-0.1, -0.05) is 22.9 Å². The Morgan fingerprint density at radius 3 is 2.38 bits per heavy atom. The van der Waals surface area contributed by atoms with E-state index >= 15 is 0 Å². The van der Waals surface area contributed by atoms with E-state index in [0.717, 1.165) is 17.2 Å². The smallest absolute Gasteiger partial charge is 0.276 e. The third-order valence-corrected chi connectivity index (χ3v) is 4.89. The predicted octanol–water partition coefficient (Wildman–Crippen LogP) is 3.10. The van der Waals surface area contributed by atoms with Crippen molar-refractivity contribution < 1.29 is 9.32 Å². The van der Waals surface area contributed by atoms with Crippen LogP contribution in [0.1, 0.15) is 27.5 Å². The summed E-state index contributed by atoms with van der Waals surface area (Å²) in [4.78, 5) is 25.7. The summed E-state index contributed by atoms with van der Waals surface area (Å²) in [6.07, 6.45) is 0. The number of hydrogen-bond donors (Lipinski definition) is 1. The number of nitrogens with one attached hydrogen (secondary N) is 1. The number of piperazine rings is 1. The van der Waals surface area contributed by atoms with Crippen LogP contribution < -0.4 is 10.2 Å². The van der Waals surface area contributed by atoms with Gasteiger partial charge in [0, 0.05) is 49.7 Å². The maximum atomic E-state index is 12.5. The summed E-state index contributed by atoms with van der Waals surface area (Å²) in [5.74, 6) is 1.97. The van der Waals surface area contributed by atoms with Gasteiger partial charge in [0.25, 0.3) is 5.91 Å². The quantitative estimate of drug-likeness (QED) is 0.730. The van der Waals surface area contributed by atoms with Crippen LogP contribution in [0.2, 0.25) is 0 Å². The Morgan fingerprint density at radius 1 is 1.00 bits per heavy atom. The fourth-order valence-electron chi connectivity index (χ4n) is 3.30. The molecule has 0 saturated carbocycles. The van der Waals surface area contributed by atoms with Gasteiger partial charge in [-0.05, 0) is 32.9 Å². The first-order valence-electron chi connectivity index (χ1n) is 9.65. The molecule has 1 aliphatic heterocycles. The van der Waals surface area contributed by atoms with Crippen molar-refractivity contribution in [3.05, 3.63) is 59.1 Å². The third-order valence-electron chi connectivity index (χ3n) is 4.89. The molecule has 0 unspecified atom stereocenters. The highest BCUT2D eigenvalue weighted by Crippen LogP contribution is 2.20. The maximum absolute atomic E-state index is 12.5. The van der Waals surface area contributed by atoms with Crippen LogP contribution in [-0.4, -0.2) is 52.1 Å². The standard InChI is InChI=1S/C21H24N6O2/c1-14-4-6-17(7-5-14)23-21-22-15(2)12-19(24-21)26-8-10-27(11-9-26)20(28)18-13-16(3)29-25-18/h4-7,12-13H,8-11H2,1-3H3,(H,22,23,24). The Hall–Kier alpha value is -3.42. The lowest BCUT2D eigenvalue weighted by Gasteiger charge is -2.35. The average Bonchev–Trinajstić information content (AvgIpc) is 3.15. The van der Waals surface area contributed by atoms with Crippen LogP contribution in [0.3, 0.4) is 0 Å². The summed E-state index contributed by atoms with van der Waals surface area (Å²) in [6, 6.07) is 11.8. The lowest BCUT2D eigenvalue weighted by Crippen LogP contribution is -2.49. The van der Waals surface area contributed by atoms with Gasteiger partial charge in [0.1, 0.15) is 11.6 Å². The minimum Gasteiger partial charge on any atom is -0.361 e. The molecule has 1 aromatic carbocycles. The van der Waals surface area contributed by atoms with E-state index in [-0.39, 0.29) is 5.91 Å². The molecule has 8 nitrogen and oxygen atoms in total. The molecule has 3 heterocycles. The Kier molecular flexibility index (Phi) is 5.16. The van der Waals surface area contributed by atoms with Gasteiger partial charge in [-0.2, -0.15) is 4.98 Å². The number of hydrogen-bond acceptors (Lipinski definition) is 7. The molecule has 8 heteroatoms. The molecule has 0 aliphatic carbocycles. The SMILES string of the molecule is Cc1ccc(Nc2nc(C)cc(N3CCN(C(=O)c4cc(C)on4)CC3)n2)cc1. The Labute approximate surface area is 169 Å². The molecule has 0 atom stereocenters. The molecule has 1 amide bonds. The van der Waals surface area contributed by atoms with Crippen molar-refractivity contribution in [1.29, 1.82) is 0 Å². The van der Waals surface area contributed by atoms with Crippen LogP contribution >= 0.6 is 0 Å². The van der Waals surface area contributed by atoms with Crippen molar-refractivity contribution in [2.24, 2.45) is 0 Å². The van der Waals surface area contributed by atoms with Gasteiger partial charge in [0.2, 0.25) is 5.95 Å². The van der Waals surface area contributed by atoms with Crippen molar-refractivity contribution in [1.82, 2.24) is 20.0 Å². The molecular formula is C21H24N6O2. The molecule has 1 N–H and O–H groups in total. The summed E-state index contributed by atoms with van der Waals surface area (Å²) < 4.78 is 5.02. The molecule has 0 spiro atoms. The second kappa shape index (κ2) is 7.90. The minimum atomic E-state index is -0.0953. The number of carbonyl (C=O) groups is 1. The summed E-state index contributed by atoms with van der Waals surface area (Å²) in [5, 5.41) is 7.10. The molecule has 0 bridgehead atoms. The van der Waals surface area contributed by atoms with Crippen molar-refractivity contribution in [2.75, 3.05) is 36.4 Å². The van der Waals surface area contributed by atoms with Gasteiger partial charge >= 0.3 is 0 Å². The molecule has 1 saturated heterocycles. The van der Waals surface area contributed by atoms with Crippen LogP contribution in [0.15, 0.2) is 40.9 Å². The topological polar surface area (TPSA) is 87.4 Å². The monoisotopic (exact) mass is 392 g/mol. The van der Waals surface area contributed by atoms with Crippen molar-refractivity contribution in [3.63, 3.8) is 0 Å². The van der Waals surface area contributed by atoms with E-state index in [1.165, 1.54) is 5.56 Å². The molecular weight excluding hydrogens is 368 g/mol. The zero-order valence-electron chi connectivity index (χ0n) is 16.8. The van der Waals surface area contributed by atoms with E-state index < -0.39 is 0 Å². The van der Waals surface area contributed by atoms with Crippen LogP contribution in [0, 0.1) is 20.8 Å². The molecule has 1 aliphatic rings. The highest BCUT2D eigenvalue weighted by molar-refractivity contribution is 5.92. The normalized spacial score (nSPS) is 14.2. The lowest BCUT2D eigenvalue weighted by atomic mass is 10.2.